The predicted molar refractivity (Wildman–Crippen MR) is 107 cm³/mol. The smallest absolute Gasteiger partial charge is 0.256 e. The van der Waals surface area contributed by atoms with E-state index in [9.17, 15) is 9.59 Å². The third-order valence-corrected chi connectivity index (χ3v) is 5.87. The van der Waals surface area contributed by atoms with Gasteiger partial charge >= 0.3 is 0 Å². The first-order valence-electron chi connectivity index (χ1n) is 10.3. The Labute approximate surface area is 165 Å². The summed E-state index contributed by atoms with van der Waals surface area (Å²) in [7, 11) is 0. The fourth-order valence-electron chi connectivity index (χ4n) is 4.37. The normalized spacial score (nSPS) is 20.0. The third kappa shape index (κ3) is 3.81. The number of Topliss-reactive ketones (excluding diaryl/α,β-unsaturated/α-hetero) is 1. The molecule has 4 rings (SSSR count). The summed E-state index contributed by atoms with van der Waals surface area (Å²) >= 11 is 0. The summed E-state index contributed by atoms with van der Waals surface area (Å²) in [5, 5.41) is 7.40. The summed E-state index contributed by atoms with van der Waals surface area (Å²) in [6.45, 7) is 7.89. The molecule has 150 valence electrons. The second-order valence-electron chi connectivity index (χ2n) is 8.86. The predicted octanol–water partition coefficient (Wildman–Crippen LogP) is 2.49. The van der Waals surface area contributed by atoms with Gasteiger partial charge in [-0.1, -0.05) is 26.7 Å². The maximum absolute atomic E-state index is 12.7. The summed E-state index contributed by atoms with van der Waals surface area (Å²) in [6, 6.07) is 0. The van der Waals surface area contributed by atoms with Gasteiger partial charge in [0.15, 0.2) is 11.4 Å². The van der Waals surface area contributed by atoms with Crippen LogP contribution in [0.15, 0.2) is 12.4 Å². The van der Waals surface area contributed by atoms with E-state index in [0.29, 0.717) is 29.7 Å². The van der Waals surface area contributed by atoms with Crippen LogP contribution in [0.2, 0.25) is 0 Å². The first-order chi connectivity index (χ1) is 13.4. The van der Waals surface area contributed by atoms with Crippen molar-refractivity contribution in [3.8, 4) is 0 Å². The molecule has 1 saturated heterocycles. The Kier molecular flexibility index (Phi) is 5.19. The maximum Gasteiger partial charge on any atom is 0.256 e. The molecule has 0 aromatic carbocycles. The van der Waals surface area contributed by atoms with Crippen LogP contribution in [0.3, 0.4) is 0 Å². The number of ketones is 1. The van der Waals surface area contributed by atoms with Gasteiger partial charge in [0.1, 0.15) is 5.56 Å². The van der Waals surface area contributed by atoms with E-state index in [2.05, 4.69) is 34.1 Å². The van der Waals surface area contributed by atoms with Crippen LogP contribution in [0.5, 0.6) is 0 Å². The van der Waals surface area contributed by atoms with E-state index < -0.39 is 0 Å². The molecule has 0 spiro atoms. The number of nitrogens with one attached hydrogen (secondary N) is 1. The molecule has 0 saturated carbocycles. The van der Waals surface area contributed by atoms with Crippen LogP contribution in [0.25, 0.3) is 5.65 Å². The van der Waals surface area contributed by atoms with Gasteiger partial charge in [-0.2, -0.15) is 5.10 Å². The summed E-state index contributed by atoms with van der Waals surface area (Å²) < 4.78 is 1.68. The SMILES string of the molecule is CC1(C)CC(=O)c2cnc3c(C(=O)NCCN4CCCCCC4)cnn3c2C1. The quantitative estimate of drug-likeness (QED) is 0.877. The van der Waals surface area contributed by atoms with Crippen LogP contribution in [-0.2, 0) is 6.42 Å². The fraction of sp³-hybridized carbons (Fsp3) is 0.619. The number of hydrogen-bond acceptors (Lipinski definition) is 5. The van der Waals surface area contributed by atoms with Crippen LogP contribution in [-0.4, -0.2) is 57.4 Å². The molecular weight excluding hydrogens is 354 g/mol. The van der Waals surface area contributed by atoms with E-state index in [1.165, 1.54) is 25.7 Å². The van der Waals surface area contributed by atoms with Crippen molar-refractivity contribution in [3.05, 3.63) is 29.2 Å². The fourth-order valence-corrected chi connectivity index (χ4v) is 4.37. The van der Waals surface area contributed by atoms with Crippen LogP contribution in [0.4, 0.5) is 0 Å². The van der Waals surface area contributed by atoms with E-state index in [4.69, 9.17) is 0 Å². The van der Waals surface area contributed by atoms with Crippen molar-refractivity contribution in [1.82, 2.24) is 24.8 Å². The Morgan fingerprint density at radius 1 is 1.14 bits per heavy atom. The molecule has 0 unspecified atom stereocenters. The van der Waals surface area contributed by atoms with Crippen molar-refractivity contribution in [3.63, 3.8) is 0 Å². The van der Waals surface area contributed by atoms with Gasteiger partial charge in [0, 0.05) is 25.7 Å². The van der Waals surface area contributed by atoms with Crippen molar-refractivity contribution >= 4 is 17.3 Å². The molecule has 28 heavy (non-hydrogen) atoms. The Morgan fingerprint density at radius 3 is 2.64 bits per heavy atom. The minimum atomic E-state index is -0.154. The highest BCUT2D eigenvalue weighted by Crippen LogP contribution is 2.34. The average Bonchev–Trinajstić information content (AvgIpc) is 2.91. The Balaban J connectivity index is 1.48. The van der Waals surface area contributed by atoms with Crippen molar-refractivity contribution in [2.75, 3.05) is 26.2 Å². The third-order valence-electron chi connectivity index (χ3n) is 5.87. The molecule has 0 atom stereocenters. The summed E-state index contributed by atoms with van der Waals surface area (Å²) in [4.78, 5) is 32.0. The number of hydrogen-bond donors (Lipinski definition) is 1. The van der Waals surface area contributed by atoms with Crippen LogP contribution >= 0.6 is 0 Å². The zero-order valence-corrected chi connectivity index (χ0v) is 16.8. The number of carbonyl (C=O) groups is 2. The molecular formula is C21H29N5O2. The molecule has 7 heteroatoms. The van der Waals surface area contributed by atoms with Gasteiger partial charge in [0.2, 0.25) is 0 Å². The van der Waals surface area contributed by atoms with Crippen LogP contribution in [0.1, 0.15) is 72.4 Å². The zero-order valence-electron chi connectivity index (χ0n) is 16.8. The Hall–Kier alpha value is -2.28. The molecule has 1 fully saturated rings. The second-order valence-corrected chi connectivity index (χ2v) is 8.86. The van der Waals surface area contributed by atoms with Gasteiger partial charge in [-0.05, 0) is 37.8 Å². The lowest BCUT2D eigenvalue weighted by atomic mass is 9.76. The van der Waals surface area contributed by atoms with E-state index in [1.54, 1.807) is 16.9 Å². The molecule has 2 aromatic rings. The number of rotatable bonds is 4. The second kappa shape index (κ2) is 7.62. The number of aromatic nitrogens is 3. The highest BCUT2D eigenvalue weighted by atomic mass is 16.1. The average molecular weight is 383 g/mol. The zero-order chi connectivity index (χ0) is 19.7. The van der Waals surface area contributed by atoms with Gasteiger partial charge in [0.05, 0.1) is 17.5 Å². The van der Waals surface area contributed by atoms with Crippen molar-refractivity contribution in [2.45, 2.75) is 52.4 Å². The Bertz CT molecular complexity index is 894. The van der Waals surface area contributed by atoms with Gasteiger partial charge in [-0.25, -0.2) is 9.50 Å². The standard InChI is InChI=1S/C21H29N5O2/c1-21(2)11-17-15(18(27)12-21)13-23-19-16(14-24-26(17)19)20(28)22-7-10-25-8-5-3-4-6-9-25/h13-14H,3-12H2,1-2H3,(H,22,28). The largest absolute Gasteiger partial charge is 0.351 e. The minimum Gasteiger partial charge on any atom is -0.351 e. The van der Waals surface area contributed by atoms with Gasteiger partial charge in [-0.15, -0.1) is 0 Å². The van der Waals surface area contributed by atoms with E-state index in [0.717, 1.165) is 31.7 Å². The van der Waals surface area contributed by atoms with E-state index in [1.807, 2.05) is 0 Å². The summed E-state index contributed by atoms with van der Waals surface area (Å²) in [5.74, 6) is -0.0572. The summed E-state index contributed by atoms with van der Waals surface area (Å²) in [5.41, 5.74) is 2.36. The van der Waals surface area contributed by atoms with Gasteiger partial charge in [-0.3, -0.25) is 9.59 Å². The molecule has 2 aromatic heterocycles. The lowest BCUT2D eigenvalue weighted by Gasteiger charge is -2.29. The Morgan fingerprint density at radius 2 is 1.89 bits per heavy atom. The molecule has 1 amide bonds. The van der Waals surface area contributed by atoms with Crippen LogP contribution < -0.4 is 5.32 Å². The van der Waals surface area contributed by atoms with Crippen molar-refractivity contribution < 1.29 is 9.59 Å². The molecule has 1 N–H and O–H groups in total. The first-order valence-corrected chi connectivity index (χ1v) is 10.3. The molecule has 2 aliphatic rings. The first kappa shape index (κ1) is 19.1. The molecule has 1 aliphatic carbocycles. The highest BCUT2D eigenvalue weighted by Gasteiger charge is 2.33. The monoisotopic (exact) mass is 383 g/mol. The molecule has 1 aliphatic heterocycles. The van der Waals surface area contributed by atoms with Crippen molar-refractivity contribution in [2.24, 2.45) is 5.41 Å². The molecule has 3 heterocycles. The highest BCUT2D eigenvalue weighted by molar-refractivity contribution is 6.01. The lowest BCUT2D eigenvalue weighted by molar-refractivity contribution is 0.0907. The maximum atomic E-state index is 12.7. The van der Waals surface area contributed by atoms with Gasteiger partial charge in [0.25, 0.3) is 5.91 Å². The van der Waals surface area contributed by atoms with Crippen LogP contribution in [0, 0.1) is 5.41 Å². The number of nitrogens with zero attached hydrogens (tertiary/aromatic N) is 4. The van der Waals surface area contributed by atoms with E-state index in [-0.39, 0.29) is 17.1 Å². The van der Waals surface area contributed by atoms with E-state index >= 15 is 0 Å². The summed E-state index contributed by atoms with van der Waals surface area (Å²) in [6.07, 6.45) is 9.52. The van der Waals surface area contributed by atoms with Crippen molar-refractivity contribution in [1.29, 1.82) is 0 Å². The molecule has 0 radical (unpaired) electrons. The minimum absolute atomic E-state index is 0.0969. The van der Waals surface area contributed by atoms with Gasteiger partial charge < -0.3 is 10.2 Å². The lowest BCUT2D eigenvalue weighted by Crippen LogP contribution is -2.35. The molecule has 7 nitrogen and oxygen atoms in total. The number of fused-ring (bicyclic) bond motifs is 3. The number of likely N-dealkylation sites (tertiary alicyclic amines) is 1. The molecule has 0 bridgehead atoms. The number of carbonyl (C=O) groups excluding carboxylic acids is 2. The topological polar surface area (TPSA) is 79.6 Å². The number of amides is 1.